The molecule has 0 aliphatic carbocycles. The first kappa shape index (κ1) is 20.1. The van der Waals surface area contributed by atoms with Gasteiger partial charge in [0.15, 0.2) is 5.96 Å². The highest BCUT2D eigenvalue weighted by atomic mass is 32.1. The van der Waals surface area contributed by atoms with Crippen LogP contribution in [0.25, 0.3) is 0 Å². The third-order valence-electron chi connectivity index (χ3n) is 3.35. The largest absolute Gasteiger partial charge is 0.491 e. The molecule has 5 nitrogen and oxygen atoms in total. The van der Waals surface area contributed by atoms with E-state index in [4.69, 9.17) is 10.5 Å². The molecule has 26 heavy (non-hydrogen) atoms. The fraction of sp³-hybridized carbons (Fsp3) is 0.353. The predicted octanol–water partition coefficient (Wildman–Crippen LogP) is 2.65. The molecule has 2 rings (SSSR count). The normalized spacial score (nSPS) is 13.5. The van der Waals surface area contributed by atoms with E-state index in [9.17, 15) is 18.3 Å². The summed E-state index contributed by atoms with van der Waals surface area (Å²) in [5.41, 5.74) is 4.96. The van der Waals surface area contributed by atoms with Crippen LogP contribution in [0.1, 0.15) is 10.4 Å². The molecule has 0 saturated heterocycles. The molecule has 0 bridgehead atoms. The van der Waals surface area contributed by atoms with Crippen molar-refractivity contribution in [3.8, 4) is 5.75 Å². The van der Waals surface area contributed by atoms with Gasteiger partial charge in [0.2, 0.25) is 0 Å². The van der Waals surface area contributed by atoms with Gasteiger partial charge in [-0.25, -0.2) is 0 Å². The highest BCUT2D eigenvalue weighted by Crippen LogP contribution is 2.30. The van der Waals surface area contributed by atoms with Crippen molar-refractivity contribution in [2.75, 3.05) is 19.7 Å². The number of halogens is 3. The number of nitrogens with one attached hydrogen (secondary N) is 1. The Balaban J connectivity index is 1.68. The van der Waals surface area contributed by atoms with Gasteiger partial charge in [0, 0.05) is 11.4 Å². The molecule has 0 aliphatic heterocycles. The number of nitrogens with zero attached hydrogens (tertiary/aromatic N) is 1. The molecule has 1 unspecified atom stereocenters. The van der Waals surface area contributed by atoms with Crippen LogP contribution >= 0.6 is 11.3 Å². The maximum absolute atomic E-state index is 12.5. The van der Waals surface area contributed by atoms with Crippen molar-refractivity contribution in [1.82, 2.24) is 5.32 Å². The van der Waals surface area contributed by atoms with Crippen molar-refractivity contribution in [3.05, 3.63) is 52.2 Å². The molecule has 2 aromatic rings. The maximum atomic E-state index is 12.5. The fourth-order valence-corrected chi connectivity index (χ4v) is 2.72. The van der Waals surface area contributed by atoms with E-state index in [0.29, 0.717) is 6.54 Å². The van der Waals surface area contributed by atoms with E-state index in [1.165, 1.54) is 17.0 Å². The van der Waals surface area contributed by atoms with Gasteiger partial charge in [-0.3, -0.25) is 4.99 Å². The summed E-state index contributed by atoms with van der Waals surface area (Å²) in [7, 11) is 0. The van der Waals surface area contributed by atoms with E-state index >= 15 is 0 Å². The highest BCUT2D eigenvalue weighted by Gasteiger charge is 2.30. The molecule has 0 radical (unpaired) electrons. The van der Waals surface area contributed by atoms with Crippen LogP contribution < -0.4 is 15.8 Å². The summed E-state index contributed by atoms with van der Waals surface area (Å²) in [6.45, 7) is 0.559. The first-order valence-electron chi connectivity index (χ1n) is 7.89. The van der Waals surface area contributed by atoms with Crippen LogP contribution in [-0.4, -0.2) is 36.9 Å². The van der Waals surface area contributed by atoms with Crippen molar-refractivity contribution in [2.24, 2.45) is 10.7 Å². The molecule has 0 spiro atoms. The minimum absolute atomic E-state index is 0.0263. The van der Waals surface area contributed by atoms with Crippen molar-refractivity contribution >= 4 is 17.3 Å². The Hall–Kier alpha value is -2.26. The lowest BCUT2D eigenvalue weighted by atomic mass is 10.2. The predicted molar refractivity (Wildman–Crippen MR) is 95.5 cm³/mol. The number of ether oxygens (including phenoxy) is 1. The molecule has 4 N–H and O–H groups in total. The van der Waals surface area contributed by atoms with Gasteiger partial charge >= 0.3 is 6.18 Å². The van der Waals surface area contributed by atoms with E-state index < -0.39 is 17.8 Å². The second-order valence-corrected chi connectivity index (χ2v) is 6.50. The molecule has 0 saturated carbocycles. The second kappa shape index (κ2) is 9.44. The SMILES string of the molecule is NC(=NCC(O)COc1ccc(C(F)(F)F)cc1)NCCc1cccs1. The summed E-state index contributed by atoms with van der Waals surface area (Å²) in [6, 6.07) is 8.27. The Bertz CT molecular complexity index is 688. The Kier molecular flexibility index (Phi) is 7.28. The van der Waals surface area contributed by atoms with E-state index in [1.54, 1.807) is 11.3 Å². The molecular formula is C17H20F3N3O2S. The van der Waals surface area contributed by atoms with Gasteiger partial charge in [-0.05, 0) is 42.1 Å². The zero-order chi connectivity index (χ0) is 19.0. The maximum Gasteiger partial charge on any atom is 0.416 e. The molecule has 0 fully saturated rings. The van der Waals surface area contributed by atoms with Crippen molar-refractivity contribution < 1.29 is 23.0 Å². The summed E-state index contributed by atoms with van der Waals surface area (Å²) in [4.78, 5) is 5.24. The van der Waals surface area contributed by atoms with Crippen LogP contribution in [0.4, 0.5) is 13.2 Å². The van der Waals surface area contributed by atoms with Gasteiger partial charge in [-0.15, -0.1) is 11.3 Å². The molecule has 1 aromatic carbocycles. The van der Waals surface area contributed by atoms with Crippen molar-refractivity contribution in [2.45, 2.75) is 18.7 Å². The Morgan fingerprint density at radius 2 is 2.00 bits per heavy atom. The molecule has 142 valence electrons. The van der Waals surface area contributed by atoms with Crippen molar-refractivity contribution in [1.29, 1.82) is 0 Å². The monoisotopic (exact) mass is 387 g/mol. The number of nitrogens with two attached hydrogens (primary N) is 1. The van der Waals surface area contributed by atoms with Gasteiger partial charge in [0.1, 0.15) is 18.5 Å². The number of hydrogen-bond donors (Lipinski definition) is 3. The smallest absolute Gasteiger partial charge is 0.416 e. The van der Waals surface area contributed by atoms with Crippen LogP contribution in [0.2, 0.25) is 0 Å². The van der Waals surface area contributed by atoms with Crippen LogP contribution in [0.5, 0.6) is 5.75 Å². The first-order chi connectivity index (χ1) is 12.3. The molecule has 0 aliphatic rings. The van der Waals surface area contributed by atoms with E-state index in [2.05, 4.69) is 10.3 Å². The van der Waals surface area contributed by atoms with Gasteiger partial charge in [-0.1, -0.05) is 6.07 Å². The Morgan fingerprint density at radius 3 is 2.62 bits per heavy atom. The molecule has 1 aromatic heterocycles. The number of thiophene rings is 1. The molecule has 1 atom stereocenters. The molecular weight excluding hydrogens is 367 g/mol. The number of aliphatic hydroxyl groups is 1. The Labute approximate surface area is 153 Å². The number of rotatable bonds is 8. The number of aliphatic imine (C=N–C) groups is 1. The molecule has 9 heteroatoms. The fourth-order valence-electron chi connectivity index (χ4n) is 2.01. The third-order valence-corrected chi connectivity index (χ3v) is 4.29. The molecule has 1 heterocycles. The van der Waals surface area contributed by atoms with Crippen LogP contribution in [0.15, 0.2) is 46.8 Å². The van der Waals surface area contributed by atoms with Crippen molar-refractivity contribution in [3.63, 3.8) is 0 Å². The van der Waals surface area contributed by atoms with E-state index in [-0.39, 0.29) is 24.9 Å². The van der Waals surface area contributed by atoms with Crippen LogP contribution in [-0.2, 0) is 12.6 Å². The summed E-state index contributed by atoms with van der Waals surface area (Å²) in [5, 5.41) is 14.8. The number of benzene rings is 1. The number of alkyl halides is 3. The number of guanidine groups is 1. The third kappa shape index (κ3) is 6.93. The first-order valence-corrected chi connectivity index (χ1v) is 8.77. The molecule has 0 amide bonds. The minimum Gasteiger partial charge on any atom is -0.491 e. The number of hydrogen-bond acceptors (Lipinski definition) is 4. The zero-order valence-corrected chi connectivity index (χ0v) is 14.7. The standard InChI is InChI=1S/C17H20F3N3O2S/c18-17(19,20)12-3-5-14(6-4-12)25-11-13(24)10-23-16(21)22-8-7-15-2-1-9-26-15/h1-6,9,13,24H,7-8,10-11H2,(H3,21,22,23). The van der Waals surface area contributed by atoms with Gasteiger partial charge in [-0.2, -0.15) is 13.2 Å². The second-order valence-electron chi connectivity index (χ2n) is 5.47. The summed E-state index contributed by atoms with van der Waals surface area (Å²) < 4.78 is 42.6. The lowest BCUT2D eigenvalue weighted by Gasteiger charge is -2.12. The van der Waals surface area contributed by atoms with Gasteiger partial charge in [0.05, 0.1) is 12.1 Å². The number of aliphatic hydroxyl groups excluding tert-OH is 1. The van der Waals surface area contributed by atoms with Gasteiger partial charge < -0.3 is 20.9 Å². The summed E-state index contributed by atoms with van der Waals surface area (Å²) in [6.07, 6.45) is -4.48. The van der Waals surface area contributed by atoms with Crippen LogP contribution in [0.3, 0.4) is 0 Å². The zero-order valence-electron chi connectivity index (χ0n) is 13.9. The average molecular weight is 387 g/mol. The Morgan fingerprint density at radius 1 is 1.27 bits per heavy atom. The topological polar surface area (TPSA) is 79.9 Å². The minimum atomic E-state index is -4.39. The van der Waals surface area contributed by atoms with Crippen LogP contribution in [0, 0.1) is 0 Å². The highest BCUT2D eigenvalue weighted by molar-refractivity contribution is 7.09. The van der Waals surface area contributed by atoms with Gasteiger partial charge in [0.25, 0.3) is 0 Å². The average Bonchev–Trinajstić information content (AvgIpc) is 3.11. The quantitative estimate of drug-likeness (QED) is 0.481. The van der Waals surface area contributed by atoms with E-state index in [1.807, 2.05) is 17.5 Å². The lowest BCUT2D eigenvalue weighted by molar-refractivity contribution is -0.137. The summed E-state index contributed by atoms with van der Waals surface area (Å²) in [5.74, 6) is 0.457. The lowest BCUT2D eigenvalue weighted by Crippen LogP contribution is -2.34. The summed E-state index contributed by atoms with van der Waals surface area (Å²) >= 11 is 1.66. The van der Waals surface area contributed by atoms with E-state index in [0.717, 1.165) is 18.6 Å².